The first-order chi connectivity index (χ1) is 4.55. The molecular weight excluding hydrogens is 128 g/mol. The number of hydrogen-bond acceptors (Lipinski definition) is 1. The number of carbonyl (C=O) groups is 1. The fraction of sp³-hybridized carbons (Fsp3) is 0.857. The first kappa shape index (κ1) is 7.38. The second kappa shape index (κ2) is 2.15. The van der Waals surface area contributed by atoms with E-state index in [1.807, 2.05) is 14.1 Å². The molecule has 0 aromatic rings. The number of amides is 2. The van der Waals surface area contributed by atoms with Crippen molar-refractivity contribution < 1.29 is 4.79 Å². The van der Waals surface area contributed by atoms with Crippen LogP contribution in [0.1, 0.15) is 13.8 Å². The zero-order valence-corrected chi connectivity index (χ0v) is 6.96. The summed E-state index contributed by atoms with van der Waals surface area (Å²) in [4.78, 5) is 14.7. The SMILES string of the molecule is CC1C(C)N(C)C(=O)N1C. The van der Waals surface area contributed by atoms with Crippen molar-refractivity contribution in [1.82, 2.24) is 9.80 Å². The van der Waals surface area contributed by atoms with Gasteiger partial charge in [-0.2, -0.15) is 0 Å². The Hall–Kier alpha value is -0.730. The first-order valence-corrected chi connectivity index (χ1v) is 3.55. The highest BCUT2D eigenvalue weighted by Crippen LogP contribution is 2.17. The maximum absolute atomic E-state index is 11.2. The molecule has 2 amide bonds. The normalized spacial score (nSPS) is 33.8. The van der Waals surface area contributed by atoms with Gasteiger partial charge in [-0.3, -0.25) is 0 Å². The Morgan fingerprint density at radius 3 is 1.50 bits per heavy atom. The highest BCUT2D eigenvalue weighted by Gasteiger charge is 2.35. The van der Waals surface area contributed by atoms with Gasteiger partial charge in [0.2, 0.25) is 0 Å². The van der Waals surface area contributed by atoms with Crippen LogP contribution in [0.15, 0.2) is 0 Å². The van der Waals surface area contributed by atoms with E-state index in [1.165, 1.54) is 0 Å². The number of carbonyl (C=O) groups excluding carboxylic acids is 1. The van der Waals surface area contributed by atoms with E-state index in [0.717, 1.165) is 0 Å². The lowest BCUT2D eigenvalue weighted by molar-refractivity contribution is 0.200. The average Bonchev–Trinajstić information content (AvgIpc) is 2.07. The van der Waals surface area contributed by atoms with E-state index in [9.17, 15) is 4.79 Å². The summed E-state index contributed by atoms with van der Waals surface area (Å²) in [6.07, 6.45) is 0. The molecule has 0 aromatic heterocycles. The van der Waals surface area contributed by atoms with E-state index in [0.29, 0.717) is 12.1 Å². The molecule has 0 N–H and O–H groups in total. The van der Waals surface area contributed by atoms with Crippen molar-refractivity contribution in [1.29, 1.82) is 0 Å². The van der Waals surface area contributed by atoms with Gasteiger partial charge in [0.1, 0.15) is 0 Å². The molecule has 10 heavy (non-hydrogen) atoms. The third kappa shape index (κ3) is 0.770. The van der Waals surface area contributed by atoms with Crippen LogP contribution < -0.4 is 0 Å². The largest absolute Gasteiger partial charge is 0.323 e. The number of hydrogen-bond donors (Lipinski definition) is 0. The molecule has 0 bridgehead atoms. The Labute approximate surface area is 61.6 Å². The second-order valence-electron chi connectivity index (χ2n) is 2.99. The Morgan fingerprint density at radius 2 is 1.40 bits per heavy atom. The van der Waals surface area contributed by atoms with Crippen LogP contribution >= 0.6 is 0 Å². The smallest absolute Gasteiger partial charge is 0.320 e. The van der Waals surface area contributed by atoms with Crippen molar-refractivity contribution in [3.05, 3.63) is 0 Å². The van der Waals surface area contributed by atoms with Gasteiger partial charge < -0.3 is 9.80 Å². The maximum atomic E-state index is 11.2. The molecule has 0 aliphatic carbocycles. The van der Waals surface area contributed by atoms with Gasteiger partial charge in [-0.15, -0.1) is 0 Å². The third-order valence-electron chi connectivity index (χ3n) is 2.52. The molecule has 2 unspecified atom stereocenters. The van der Waals surface area contributed by atoms with Crippen LogP contribution in [-0.4, -0.2) is 42.0 Å². The lowest BCUT2D eigenvalue weighted by atomic mass is 10.2. The van der Waals surface area contributed by atoms with Gasteiger partial charge in [0.05, 0.1) is 12.1 Å². The van der Waals surface area contributed by atoms with Crippen LogP contribution in [0.4, 0.5) is 4.79 Å². The Bertz CT molecular complexity index is 142. The van der Waals surface area contributed by atoms with Crippen molar-refractivity contribution in [3.8, 4) is 0 Å². The highest BCUT2D eigenvalue weighted by atomic mass is 16.2. The van der Waals surface area contributed by atoms with Gasteiger partial charge in [-0.25, -0.2) is 4.79 Å². The molecule has 1 heterocycles. The molecule has 0 spiro atoms. The summed E-state index contributed by atoms with van der Waals surface area (Å²) in [6.45, 7) is 4.12. The summed E-state index contributed by atoms with van der Waals surface area (Å²) < 4.78 is 0. The summed E-state index contributed by atoms with van der Waals surface area (Å²) in [7, 11) is 3.68. The van der Waals surface area contributed by atoms with Crippen molar-refractivity contribution in [2.75, 3.05) is 14.1 Å². The number of nitrogens with zero attached hydrogens (tertiary/aromatic N) is 2. The van der Waals surface area contributed by atoms with Crippen LogP contribution in [0.25, 0.3) is 0 Å². The molecule has 0 aromatic carbocycles. The molecule has 1 rings (SSSR count). The Kier molecular flexibility index (Phi) is 1.58. The first-order valence-electron chi connectivity index (χ1n) is 3.55. The molecule has 3 nitrogen and oxygen atoms in total. The van der Waals surface area contributed by atoms with E-state index >= 15 is 0 Å². The van der Waals surface area contributed by atoms with Crippen molar-refractivity contribution in [3.63, 3.8) is 0 Å². The maximum Gasteiger partial charge on any atom is 0.320 e. The minimum atomic E-state index is 0.125. The summed E-state index contributed by atoms with van der Waals surface area (Å²) >= 11 is 0. The lowest BCUT2D eigenvalue weighted by Crippen LogP contribution is -2.29. The minimum Gasteiger partial charge on any atom is -0.323 e. The molecule has 3 heteroatoms. The van der Waals surface area contributed by atoms with E-state index in [4.69, 9.17) is 0 Å². The summed E-state index contributed by atoms with van der Waals surface area (Å²) in [5.74, 6) is 0. The number of likely N-dealkylation sites (N-methyl/N-ethyl adjacent to an activating group) is 2. The van der Waals surface area contributed by atoms with Gasteiger partial charge in [-0.1, -0.05) is 0 Å². The van der Waals surface area contributed by atoms with E-state index < -0.39 is 0 Å². The van der Waals surface area contributed by atoms with Gasteiger partial charge in [0, 0.05) is 14.1 Å². The van der Waals surface area contributed by atoms with E-state index in [2.05, 4.69) is 13.8 Å². The fourth-order valence-corrected chi connectivity index (χ4v) is 1.24. The minimum absolute atomic E-state index is 0.125. The van der Waals surface area contributed by atoms with Gasteiger partial charge in [0.15, 0.2) is 0 Å². The third-order valence-corrected chi connectivity index (χ3v) is 2.52. The summed E-state index contributed by atoms with van der Waals surface area (Å²) in [5.41, 5.74) is 0. The van der Waals surface area contributed by atoms with Gasteiger partial charge >= 0.3 is 6.03 Å². The van der Waals surface area contributed by atoms with Gasteiger partial charge in [0.25, 0.3) is 0 Å². The Balaban J connectivity index is 2.78. The second-order valence-corrected chi connectivity index (χ2v) is 2.99. The molecule has 2 atom stereocenters. The van der Waals surface area contributed by atoms with Crippen LogP contribution in [0.5, 0.6) is 0 Å². The Morgan fingerprint density at radius 1 is 1.10 bits per heavy atom. The highest BCUT2D eigenvalue weighted by molar-refractivity contribution is 5.77. The predicted molar refractivity (Wildman–Crippen MR) is 39.8 cm³/mol. The van der Waals surface area contributed by atoms with Crippen LogP contribution in [0, 0.1) is 0 Å². The van der Waals surface area contributed by atoms with Crippen molar-refractivity contribution in [2.45, 2.75) is 25.9 Å². The standard InChI is InChI=1S/C7H14N2O/c1-5-6(2)9(4)7(10)8(5)3/h5-6H,1-4H3. The quantitative estimate of drug-likeness (QED) is 0.490. The molecule has 0 saturated carbocycles. The van der Waals surface area contributed by atoms with Crippen LogP contribution in [0.2, 0.25) is 0 Å². The fourth-order valence-electron chi connectivity index (χ4n) is 1.24. The molecule has 1 aliphatic rings. The molecule has 58 valence electrons. The zero-order chi connectivity index (χ0) is 7.89. The molecule has 1 fully saturated rings. The van der Waals surface area contributed by atoms with Crippen molar-refractivity contribution in [2.24, 2.45) is 0 Å². The number of rotatable bonds is 0. The number of urea groups is 1. The molecular formula is C7H14N2O. The molecule has 1 aliphatic heterocycles. The zero-order valence-electron chi connectivity index (χ0n) is 6.96. The summed E-state index contributed by atoms with van der Waals surface area (Å²) in [5, 5.41) is 0. The topological polar surface area (TPSA) is 23.6 Å². The van der Waals surface area contributed by atoms with E-state index in [-0.39, 0.29) is 6.03 Å². The van der Waals surface area contributed by atoms with Gasteiger partial charge in [-0.05, 0) is 13.8 Å². The predicted octanol–water partition coefficient (Wildman–Crippen LogP) is 0.761. The molecule has 1 saturated heterocycles. The molecule has 0 radical (unpaired) electrons. The van der Waals surface area contributed by atoms with E-state index in [1.54, 1.807) is 9.80 Å². The monoisotopic (exact) mass is 142 g/mol. The van der Waals surface area contributed by atoms with Crippen LogP contribution in [-0.2, 0) is 0 Å². The lowest BCUT2D eigenvalue weighted by Gasteiger charge is -2.15. The average molecular weight is 142 g/mol. The van der Waals surface area contributed by atoms with Crippen LogP contribution in [0.3, 0.4) is 0 Å². The summed E-state index contributed by atoms with van der Waals surface area (Å²) in [6, 6.07) is 0.815. The van der Waals surface area contributed by atoms with Crippen molar-refractivity contribution >= 4 is 6.03 Å².